The lowest BCUT2D eigenvalue weighted by Gasteiger charge is -2.15. The Morgan fingerprint density at radius 3 is 2.58 bits per heavy atom. The summed E-state index contributed by atoms with van der Waals surface area (Å²) >= 11 is 8.16. The Kier molecular flexibility index (Phi) is 4.65. The van der Waals surface area contributed by atoms with E-state index in [0.29, 0.717) is 10.8 Å². The number of ether oxygens (including phenoxy) is 1. The fraction of sp³-hybridized carbons (Fsp3) is 0.143. The molecule has 0 saturated heterocycles. The number of hydrogen-bond acceptors (Lipinski definition) is 2. The molecular formula is C14H12ClFINO. The molecule has 0 saturated carbocycles. The maximum Gasteiger partial charge on any atom is 0.137 e. The molecule has 0 aliphatic heterocycles. The SMILES string of the molecule is COc1ccc(C(N)c2ccc(F)cc2I)cc1Cl. The minimum absolute atomic E-state index is 0.270. The smallest absolute Gasteiger partial charge is 0.137 e. The van der Waals surface area contributed by atoms with Crippen molar-refractivity contribution in [2.24, 2.45) is 5.73 Å². The van der Waals surface area contributed by atoms with Crippen molar-refractivity contribution in [3.8, 4) is 5.75 Å². The molecule has 2 rings (SSSR count). The molecule has 2 aromatic rings. The van der Waals surface area contributed by atoms with E-state index in [1.807, 2.05) is 6.07 Å². The summed E-state index contributed by atoms with van der Waals surface area (Å²) < 4.78 is 19.0. The van der Waals surface area contributed by atoms with Crippen LogP contribution < -0.4 is 10.5 Å². The fourth-order valence-electron chi connectivity index (χ4n) is 1.81. The molecule has 19 heavy (non-hydrogen) atoms. The van der Waals surface area contributed by atoms with Crippen LogP contribution in [0.25, 0.3) is 0 Å². The molecule has 0 fully saturated rings. The first-order chi connectivity index (χ1) is 9.02. The molecule has 2 aromatic carbocycles. The van der Waals surface area contributed by atoms with Gasteiger partial charge in [-0.2, -0.15) is 0 Å². The first-order valence-corrected chi connectivity index (χ1v) is 7.02. The van der Waals surface area contributed by atoms with E-state index < -0.39 is 0 Å². The molecule has 0 aliphatic carbocycles. The third-order valence-corrected chi connectivity index (χ3v) is 4.06. The van der Waals surface area contributed by atoms with Gasteiger partial charge in [-0.1, -0.05) is 23.7 Å². The third-order valence-electron chi connectivity index (χ3n) is 2.83. The second-order valence-electron chi connectivity index (χ2n) is 4.04. The van der Waals surface area contributed by atoms with Gasteiger partial charge in [-0.15, -0.1) is 0 Å². The summed E-state index contributed by atoms with van der Waals surface area (Å²) in [6, 6.07) is 9.60. The predicted molar refractivity (Wildman–Crippen MR) is 83.2 cm³/mol. The van der Waals surface area contributed by atoms with E-state index in [1.54, 1.807) is 25.3 Å². The number of rotatable bonds is 3. The summed E-state index contributed by atoms with van der Waals surface area (Å²) in [5.41, 5.74) is 7.92. The van der Waals surface area contributed by atoms with Crippen LogP contribution in [0.15, 0.2) is 36.4 Å². The molecule has 2 N–H and O–H groups in total. The van der Waals surface area contributed by atoms with Crippen LogP contribution in [0.2, 0.25) is 5.02 Å². The second-order valence-corrected chi connectivity index (χ2v) is 5.61. The van der Waals surface area contributed by atoms with Gasteiger partial charge in [0.1, 0.15) is 11.6 Å². The summed E-state index contributed by atoms with van der Waals surface area (Å²) in [7, 11) is 1.56. The number of hydrogen-bond donors (Lipinski definition) is 1. The van der Waals surface area contributed by atoms with Crippen LogP contribution in [0, 0.1) is 9.39 Å². The van der Waals surface area contributed by atoms with E-state index in [0.717, 1.165) is 14.7 Å². The molecule has 100 valence electrons. The molecule has 0 aliphatic rings. The molecule has 0 aromatic heterocycles. The molecule has 1 unspecified atom stereocenters. The van der Waals surface area contributed by atoms with Crippen molar-refractivity contribution >= 4 is 34.2 Å². The summed E-state index contributed by atoms with van der Waals surface area (Å²) in [6.07, 6.45) is 0. The minimum atomic E-state index is -0.351. The van der Waals surface area contributed by atoms with E-state index >= 15 is 0 Å². The maximum atomic E-state index is 13.1. The van der Waals surface area contributed by atoms with Gasteiger partial charge in [0.15, 0.2) is 0 Å². The highest BCUT2D eigenvalue weighted by atomic mass is 127. The van der Waals surface area contributed by atoms with Crippen LogP contribution in [0.5, 0.6) is 5.75 Å². The summed E-state index contributed by atoms with van der Waals surface area (Å²) in [5.74, 6) is 0.333. The van der Waals surface area contributed by atoms with Crippen LogP contribution in [0.4, 0.5) is 4.39 Å². The molecular weight excluding hydrogens is 380 g/mol. The fourth-order valence-corrected chi connectivity index (χ4v) is 2.89. The van der Waals surface area contributed by atoms with Gasteiger partial charge in [-0.25, -0.2) is 4.39 Å². The Balaban J connectivity index is 2.38. The molecule has 0 radical (unpaired) electrons. The van der Waals surface area contributed by atoms with Gasteiger partial charge >= 0.3 is 0 Å². The Morgan fingerprint density at radius 2 is 2.00 bits per heavy atom. The van der Waals surface area contributed by atoms with Crippen LogP contribution in [-0.4, -0.2) is 7.11 Å². The van der Waals surface area contributed by atoms with E-state index in [2.05, 4.69) is 22.6 Å². The van der Waals surface area contributed by atoms with Gasteiger partial charge in [0, 0.05) is 3.57 Å². The summed E-state index contributed by atoms with van der Waals surface area (Å²) in [6.45, 7) is 0. The Hall–Kier alpha value is -0.850. The van der Waals surface area contributed by atoms with Crippen molar-refractivity contribution in [3.05, 3.63) is 61.9 Å². The third kappa shape index (κ3) is 3.19. The number of methoxy groups -OCH3 is 1. The highest BCUT2D eigenvalue weighted by Gasteiger charge is 2.14. The highest BCUT2D eigenvalue weighted by Crippen LogP contribution is 2.30. The first kappa shape index (κ1) is 14.6. The standard InChI is InChI=1S/C14H12ClFINO/c1-19-13-5-2-8(6-11(13)15)14(18)10-4-3-9(16)7-12(10)17/h2-7,14H,18H2,1H3. The highest BCUT2D eigenvalue weighted by molar-refractivity contribution is 14.1. The zero-order chi connectivity index (χ0) is 14.0. The van der Waals surface area contributed by atoms with E-state index in [-0.39, 0.29) is 11.9 Å². The minimum Gasteiger partial charge on any atom is -0.495 e. The van der Waals surface area contributed by atoms with Gasteiger partial charge in [-0.3, -0.25) is 0 Å². The summed E-state index contributed by atoms with van der Waals surface area (Å²) in [4.78, 5) is 0. The normalized spacial score (nSPS) is 12.3. The van der Waals surface area contributed by atoms with Crippen molar-refractivity contribution < 1.29 is 9.13 Å². The molecule has 2 nitrogen and oxygen atoms in total. The zero-order valence-electron chi connectivity index (χ0n) is 10.2. The molecule has 1 atom stereocenters. The van der Waals surface area contributed by atoms with Crippen LogP contribution in [-0.2, 0) is 0 Å². The van der Waals surface area contributed by atoms with E-state index in [1.165, 1.54) is 12.1 Å². The zero-order valence-corrected chi connectivity index (χ0v) is 13.1. The topological polar surface area (TPSA) is 35.2 Å². The molecule has 0 bridgehead atoms. The Bertz CT molecular complexity index is 606. The molecule has 0 amide bonds. The number of nitrogens with two attached hydrogens (primary N) is 1. The number of benzene rings is 2. The molecule has 0 heterocycles. The van der Waals surface area contributed by atoms with E-state index in [4.69, 9.17) is 22.1 Å². The molecule has 0 spiro atoms. The lowest BCUT2D eigenvalue weighted by Crippen LogP contribution is -2.13. The van der Waals surface area contributed by atoms with Crippen LogP contribution in [0.1, 0.15) is 17.2 Å². The monoisotopic (exact) mass is 391 g/mol. The van der Waals surface area contributed by atoms with Crippen molar-refractivity contribution in [1.29, 1.82) is 0 Å². The van der Waals surface area contributed by atoms with Crippen LogP contribution >= 0.6 is 34.2 Å². The summed E-state index contributed by atoms with van der Waals surface area (Å²) in [5, 5.41) is 0.507. The van der Waals surface area contributed by atoms with Crippen molar-refractivity contribution in [3.63, 3.8) is 0 Å². The second kappa shape index (κ2) is 6.07. The largest absolute Gasteiger partial charge is 0.495 e. The lowest BCUT2D eigenvalue weighted by molar-refractivity contribution is 0.415. The quantitative estimate of drug-likeness (QED) is 0.798. The Labute approximate surface area is 129 Å². The Morgan fingerprint density at radius 1 is 1.26 bits per heavy atom. The number of halogens is 3. The van der Waals surface area contributed by atoms with E-state index in [9.17, 15) is 4.39 Å². The van der Waals surface area contributed by atoms with Gasteiger partial charge in [0.25, 0.3) is 0 Å². The maximum absolute atomic E-state index is 13.1. The molecule has 5 heteroatoms. The lowest BCUT2D eigenvalue weighted by atomic mass is 9.99. The first-order valence-electron chi connectivity index (χ1n) is 5.57. The van der Waals surface area contributed by atoms with Gasteiger partial charge in [0.2, 0.25) is 0 Å². The average molecular weight is 392 g/mol. The predicted octanol–water partition coefficient (Wildman–Crippen LogP) is 4.14. The van der Waals surface area contributed by atoms with Crippen molar-refractivity contribution in [2.75, 3.05) is 7.11 Å². The van der Waals surface area contributed by atoms with Gasteiger partial charge < -0.3 is 10.5 Å². The average Bonchev–Trinajstić information content (AvgIpc) is 2.38. The van der Waals surface area contributed by atoms with Crippen molar-refractivity contribution in [2.45, 2.75) is 6.04 Å². The van der Waals surface area contributed by atoms with Crippen molar-refractivity contribution in [1.82, 2.24) is 0 Å². The van der Waals surface area contributed by atoms with Crippen LogP contribution in [0.3, 0.4) is 0 Å². The van der Waals surface area contributed by atoms with Gasteiger partial charge in [-0.05, 0) is 58.0 Å². The van der Waals surface area contributed by atoms with Gasteiger partial charge in [0.05, 0.1) is 18.2 Å².